The third-order valence-electron chi connectivity index (χ3n) is 9.51. The van der Waals surface area contributed by atoms with Crippen molar-refractivity contribution in [1.82, 2.24) is 4.90 Å². The zero-order valence-corrected chi connectivity index (χ0v) is 26.3. The summed E-state index contributed by atoms with van der Waals surface area (Å²) >= 11 is 1.61. The molecule has 3 fully saturated rings. The molecule has 2 bridgehead atoms. The Balaban J connectivity index is 1.39. The Bertz CT molecular complexity index is 1560. The molecule has 3 aromatic rings. The van der Waals surface area contributed by atoms with Crippen molar-refractivity contribution >= 4 is 40.9 Å². The Morgan fingerprint density at radius 1 is 1.05 bits per heavy atom. The number of fused-ring (bicyclic) bond motifs is 1. The molecule has 1 spiro atoms. The van der Waals surface area contributed by atoms with Gasteiger partial charge in [0.2, 0.25) is 17.7 Å². The van der Waals surface area contributed by atoms with E-state index in [1.165, 1.54) is 0 Å². The van der Waals surface area contributed by atoms with E-state index in [9.17, 15) is 19.5 Å². The van der Waals surface area contributed by atoms with Gasteiger partial charge in [-0.1, -0.05) is 49.4 Å². The van der Waals surface area contributed by atoms with Crippen molar-refractivity contribution in [2.75, 3.05) is 23.8 Å². The number of hydrogen-bond acceptors (Lipinski definition) is 6. The lowest BCUT2D eigenvalue weighted by Gasteiger charge is -2.40. The van der Waals surface area contributed by atoms with Crippen LogP contribution in [0.1, 0.15) is 43.0 Å². The number of nitrogens with zero attached hydrogens (tertiary/aromatic N) is 1. The number of carbonyl (C=O) groups excluding carboxylic acids is 3. The maximum absolute atomic E-state index is 14.7. The van der Waals surface area contributed by atoms with E-state index in [0.717, 1.165) is 16.7 Å². The number of nitrogens with one attached hydrogen (secondary N) is 2. The van der Waals surface area contributed by atoms with E-state index < -0.39 is 28.7 Å². The zero-order chi connectivity index (χ0) is 31.2. The lowest BCUT2D eigenvalue weighted by molar-refractivity contribution is -0.141. The molecule has 0 saturated carbocycles. The highest BCUT2D eigenvalue weighted by molar-refractivity contribution is 8.02. The summed E-state index contributed by atoms with van der Waals surface area (Å²) in [4.78, 5) is 44.8. The molecular formula is C35H39N3O5S. The summed E-state index contributed by atoms with van der Waals surface area (Å²) in [7, 11) is 0. The quantitative estimate of drug-likeness (QED) is 0.300. The van der Waals surface area contributed by atoms with E-state index in [4.69, 9.17) is 4.74 Å². The van der Waals surface area contributed by atoms with Crippen LogP contribution >= 0.6 is 11.8 Å². The van der Waals surface area contributed by atoms with Gasteiger partial charge in [0.15, 0.2) is 0 Å². The molecule has 7 atom stereocenters. The predicted molar refractivity (Wildman–Crippen MR) is 173 cm³/mol. The predicted octanol–water partition coefficient (Wildman–Crippen LogP) is 5.35. The maximum atomic E-state index is 14.7. The number of thioether (sulfide) groups is 1. The van der Waals surface area contributed by atoms with E-state index in [2.05, 4.69) is 17.6 Å². The average molecular weight is 614 g/mol. The minimum absolute atomic E-state index is 0.00421. The van der Waals surface area contributed by atoms with Crippen LogP contribution in [0.5, 0.6) is 5.75 Å². The van der Waals surface area contributed by atoms with Crippen LogP contribution in [0.3, 0.4) is 0 Å². The second-order valence-electron chi connectivity index (χ2n) is 12.2. The van der Waals surface area contributed by atoms with E-state index in [-0.39, 0.29) is 35.5 Å². The summed E-state index contributed by atoms with van der Waals surface area (Å²) in [5.74, 6) is -1.41. The van der Waals surface area contributed by atoms with Crippen LogP contribution in [0.15, 0.2) is 72.8 Å². The molecule has 3 saturated heterocycles. The molecule has 3 N–H and O–H groups in total. The van der Waals surface area contributed by atoms with Gasteiger partial charge in [0.1, 0.15) is 11.8 Å². The molecule has 0 radical (unpaired) electrons. The second-order valence-corrected chi connectivity index (χ2v) is 13.7. The topological polar surface area (TPSA) is 108 Å². The Kier molecular flexibility index (Phi) is 8.20. The van der Waals surface area contributed by atoms with Crippen molar-refractivity contribution in [3.05, 3.63) is 89.5 Å². The summed E-state index contributed by atoms with van der Waals surface area (Å²) in [6.45, 7) is 8.10. The summed E-state index contributed by atoms with van der Waals surface area (Å²) in [6.07, 6.45) is 0.714. The first-order valence-electron chi connectivity index (χ1n) is 15.3. The highest BCUT2D eigenvalue weighted by Crippen LogP contribution is 2.69. The molecule has 3 unspecified atom stereocenters. The van der Waals surface area contributed by atoms with Gasteiger partial charge in [-0.15, -0.1) is 11.8 Å². The number of ether oxygens (including phenoxy) is 1. The Morgan fingerprint density at radius 2 is 1.77 bits per heavy atom. The van der Waals surface area contributed by atoms with Crippen molar-refractivity contribution < 1.29 is 24.2 Å². The van der Waals surface area contributed by atoms with Crippen molar-refractivity contribution in [3.63, 3.8) is 0 Å². The molecule has 9 heteroatoms. The molecular weight excluding hydrogens is 574 g/mol. The summed E-state index contributed by atoms with van der Waals surface area (Å²) in [6, 6.07) is 20.8. The van der Waals surface area contributed by atoms with Gasteiger partial charge in [-0.05, 0) is 80.1 Å². The van der Waals surface area contributed by atoms with Crippen LogP contribution in [-0.4, -0.2) is 57.0 Å². The second kappa shape index (κ2) is 11.9. The fourth-order valence-electron chi connectivity index (χ4n) is 7.52. The van der Waals surface area contributed by atoms with Gasteiger partial charge in [0.25, 0.3) is 0 Å². The van der Waals surface area contributed by atoms with Crippen LogP contribution in [-0.2, 0) is 14.4 Å². The van der Waals surface area contributed by atoms with Crippen molar-refractivity contribution in [1.29, 1.82) is 0 Å². The van der Waals surface area contributed by atoms with Crippen molar-refractivity contribution in [3.8, 4) is 5.75 Å². The van der Waals surface area contributed by atoms with Crippen LogP contribution in [0, 0.1) is 31.6 Å². The van der Waals surface area contributed by atoms with Gasteiger partial charge < -0.3 is 25.4 Å². The van der Waals surface area contributed by atoms with E-state index in [0.29, 0.717) is 30.2 Å². The largest absolute Gasteiger partial charge is 0.494 e. The molecule has 0 aromatic heterocycles. The fraction of sp³-hybridized carbons (Fsp3) is 0.400. The number of likely N-dealkylation sites (tertiary alicyclic amines) is 1. The molecule has 6 rings (SSSR count). The number of anilines is 2. The monoisotopic (exact) mass is 613 g/mol. The fourth-order valence-corrected chi connectivity index (χ4v) is 9.93. The SMILES string of the molecule is CCOc1ccc(NC(=O)[C@@H]2[C@@H]3CC(C)C4(S3)C(C(=O)Nc3cc(C)ccc3C)N([C@H](CO)c3ccccc3)C(=O)[C@H]24)cc1. The Morgan fingerprint density at radius 3 is 2.45 bits per heavy atom. The molecule has 44 heavy (non-hydrogen) atoms. The first-order chi connectivity index (χ1) is 21.2. The molecule has 3 aliphatic heterocycles. The number of carbonyl (C=O) groups is 3. The molecule has 8 nitrogen and oxygen atoms in total. The highest BCUT2D eigenvalue weighted by atomic mass is 32.2. The number of aliphatic hydroxyl groups is 1. The van der Waals surface area contributed by atoms with E-state index in [1.54, 1.807) is 40.9 Å². The molecule has 3 aliphatic rings. The first kappa shape index (κ1) is 30.2. The van der Waals surface area contributed by atoms with Crippen molar-refractivity contribution in [2.45, 2.75) is 56.2 Å². The molecule has 3 amide bonds. The number of rotatable bonds is 9. The zero-order valence-electron chi connectivity index (χ0n) is 25.4. The van der Waals surface area contributed by atoms with E-state index >= 15 is 0 Å². The lowest BCUT2D eigenvalue weighted by atomic mass is 9.65. The standard InChI is InChI=1S/C35H39N3O5S/c1-5-43-25-15-13-24(14-16-25)36-32(40)29-28-18-22(4)35(44-28)30(29)34(42)38(27(19-39)23-9-7-6-8-10-23)31(35)33(41)37-26-17-20(2)11-12-21(26)3/h6-17,22,27-31,39H,5,18-19H2,1-4H3,(H,36,40)(H,37,41)/t22?,27-,28+,29-,30+,31?,35?/m1/s1. The van der Waals surface area contributed by atoms with Gasteiger partial charge in [-0.2, -0.15) is 0 Å². The smallest absolute Gasteiger partial charge is 0.248 e. The summed E-state index contributed by atoms with van der Waals surface area (Å²) < 4.78 is 4.71. The third-order valence-corrected chi connectivity index (χ3v) is 11.6. The maximum Gasteiger partial charge on any atom is 0.248 e. The number of amides is 3. The van der Waals surface area contributed by atoms with Gasteiger partial charge in [-0.25, -0.2) is 0 Å². The average Bonchev–Trinajstić information content (AvgIpc) is 3.61. The first-order valence-corrected chi connectivity index (χ1v) is 16.1. The summed E-state index contributed by atoms with van der Waals surface area (Å²) in [5.41, 5.74) is 3.98. The normalized spacial score (nSPS) is 27.6. The van der Waals surface area contributed by atoms with Crippen LogP contribution < -0.4 is 15.4 Å². The lowest BCUT2D eigenvalue weighted by Crippen LogP contribution is -2.55. The van der Waals surface area contributed by atoms with Crippen molar-refractivity contribution in [2.24, 2.45) is 17.8 Å². The van der Waals surface area contributed by atoms with Gasteiger partial charge >= 0.3 is 0 Å². The minimum atomic E-state index is -0.884. The molecule has 3 aromatic carbocycles. The Labute approximate surface area is 262 Å². The van der Waals surface area contributed by atoms with Gasteiger partial charge in [0.05, 0.1) is 35.8 Å². The minimum Gasteiger partial charge on any atom is -0.494 e. The number of hydrogen-bond donors (Lipinski definition) is 3. The number of benzene rings is 3. The van der Waals surface area contributed by atoms with Crippen LogP contribution in [0.2, 0.25) is 0 Å². The van der Waals surface area contributed by atoms with Crippen LogP contribution in [0.4, 0.5) is 11.4 Å². The third kappa shape index (κ3) is 4.96. The number of aryl methyl sites for hydroxylation is 2. The van der Waals surface area contributed by atoms with Gasteiger partial charge in [-0.3, -0.25) is 14.4 Å². The van der Waals surface area contributed by atoms with Gasteiger partial charge in [0, 0.05) is 16.6 Å². The molecule has 230 valence electrons. The van der Waals surface area contributed by atoms with E-state index in [1.807, 2.05) is 69.3 Å². The Hall–Kier alpha value is -3.82. The molecule has 3 heterocycles. The summed E-state index contributed by atoms with van der Waals surface area (Å²) in [5, 5.41) is 16.8. The number of aliphatic hydroxyl groups excluding tert-OH is 1. The molecule has 0 aliphatic carbocycles. The van der Waals surface area contributed by atoms with Crippen LogP contribution in [0.25, 0.3) is 0 Å². The highest BCUT2D eigenvalue weighted by Gasteiger charge is 2.76.